The summed E-state index contributed by atoms with van der Waals surface area (Å²) in [5.41, 5.74) is 5.66. The Labute approximate surface area is 137 Å². The largest absolute Gasteiger partial charge is 0.339 e. The standard InChI is InChI=1S/C19H25N3O/c1-13-7-4-5-8-16(13)11-17-9-6-10-22(17)19(23)12-18-14(2)20-21-15(18)3/h4-5,7-8,17H,6,9-12H2,1-3H3,(H,20,21). The third kappa shape index (κ3) is 3.31. The van der Waals surface area contributed by atoms with E-state index in [9.17, 15) is 4.79 Å². The lowest BCUT2D eigenvalue weighted by Gasteiger charge is -2.25. The van der Waals surface area contributed by atoms with E-state index < -0.39 is 0 Å². The van der Waals surface area contributed by atoms with Gasteiger partial charge in [0.2, 0.25) is 5.91 Å². The van der Waals surface area contributed by atoms with Gasteiger partial charge in [-0.05, 0) is 51.2 Å². The van der Waals surface area contributed by atoms with Crippen molar-refractivity contribution in [3.8, 4) is 0 Å². The Bertz CT molecular complexity index is 685. The second-order valence-corrected chi connectivity index (χ2v) is 6.60. The molecule has 4 heteroatoms. The molecular weight excluding hydrogens is 286 g/mol. The van der Waals surface area contributed by atoms with Crippen molar-refractivity contribution in [3.05, 3.63) is 52.3 Å². The molecule has 0 saturated carbocycles. The van der Waals surface area contributed by atoms with Gasteiger partial charge in [0.25, 0.3) is 0 Å². The molecule has 1 atom stereocenters. The van der Waals surface area contributed by atoms with Crippen molar-refractivity contribution < 1.29 is 4.79 Å². The molecule has 1 amide bonds. The molecule has 1 aliphatic rings. The molecule has 2 aromatic rings. The van der Waals surface area contributed by atoms with Crippen LogP contribution >= 0.6 is 0 Å². The van der Waals surface area contributed by atoms with Crippen molar-refractivity contribution >= 4 is 5.91 Å². The van der Waals surface area contributed by atoms with Gasteiger partial charge < -0.3 is 4.90 Å². The maximum Gasteiger partial charge on any atom is 0.227 e. The van der Waals surface area contributed by atoms with Gasteiger partial charge in [0.1, 0.15) is 0 Å². The Morgan fingerprint density at radius 3 is 2.78 bits per heavy atom. The van der Waals surface area contributed by atoms with Gasteiger partial charge >= 0.3 is 0 Å². The highest BCUT2D eigenvalue weighted by Gasteiger charge is 2.29. The molecule has 0 spiro atoms. The number of H-pyrrole nitrogens is 1. The maximum absolute atomic E-state index is 12.8. The first-order valence-electron chi connectivity index (χ1n) is 8.40. The van der Waals surface area contributed by atoms with Crippen molar-refractivity contribution in [2.24, 2.45) is 0 Å². The molecule has 1 aromatic carbocycles. The zero-order valence-electron chi connectivity index (χ0n) is 14.2. The summed E-state index contributed by atoms with van der Waals surface area (Å²) in [6.45, 7) is 6.97. The summed E-state index contributed by atoms with van der Waals surface area (Å²) in [6, 6.07) is 8.81. The quantitative estimate of drug-likeness (QED) is 0.943. The number of benzene rings is 1. The fourth-order valence-corrected chi connectivity index (χ4v) is 3.56. The van der Waals surface area contributed by atoms with Gasteiger partial charge in [0.15, 0.2) is 0 Å². The molecule has 1 fully saturated rings. The summed E-state index contributed by atoms with van der Waals surface area (Å²) in [5.74, 6) is 0.230. The summed E-state index contributed by atoms with van der Waals surface area (Å²) in [4.78, 5) is 14.9. The molecule has 1 N–H and O–H groups in total. The first kappa shape index (κ1) is 15.8. The van der Waals surface area contributed by atoms with Gasteiger partial charge in [-0.25, -0.2) is 0 Å². The number of carbonyl (C=O) groups excluding carboxylic acids is 1. The second-order valence-electron chi connectivity index (χ2n) is 6.60. The number of nitrogens with zero attached hydrogens (tertiary/aromatic N) is 2. The van der Waals surface area contributed by atoms with Crippen LogP contribution in [0.25, 0.3) is 0 Å². The van der Waals surface area contributed by atoms with Gasteiger partial charge in [0.05, 0.1) is 12.1 Å². The molecule has 1 aliphatic heterocycles. The highest BCUT2D eigenvalue weighted by Crippen LogP contribution is 2.24. The fourth-order valence-electron chi connectivity index (χ4n) is 3.56. The van der Waals surface area contributed by atoms with Crippen LogP contribution in [-0.4, -0.2) is 33.6 Å². The molecule has 4 nitrogen and oxygen atoms in total. The minimum Gasteiger partial charge on any atom is -0.339 e. The fraction of sp³-hybridized carbons (Fsp3) is 0.474. The maximum atomic E-state index is 12.8. The van der Waals surface area contributed by atoms with E-state index in [0.717, 1.165) is 42.8 Å². The number of aryl methyl sites for hydroxylation is 3. The van der Waals surface area contributed by atoms with Crippen LogP contribution in [0.1, 0.15) is 40.9 Å². The predicted octanol–water partition coefficient (Wildman–Crippen LogP) is 3.11. The molecule has 23 heavy (non-hydrogen) atoms. The lowest BCUT2D eigenvalue weighted by molar-refractivity contribution is -0.131. The zero-order chi connectivity index (χ0) is 16.4. The summed E-state index contributed by atoms with van der Waals surface area (Å²) in [7, 11) is 0. The second kappa shape index (κ2) is 6.57. The first-order chi connectivity index (χ1) is 11.1. The normalized spacial score (nSPS) is 17.7. The Morgan fingerprint density at radius 2 is 2.09 bits per heavy atom. The van der Waals surface area contributed by atoms with Gasteiger partial charge in [-0.2, -0.15) is 5.10 Å². The Morgan fingerprint density at radius 1 is 1.30 bits per heavy atom. The molecule has 2 heterocycles. The topological polar surface area (TPSA) is 49.0 Å². The molecule has 0 bridgehead atoms. The number of hydrogen-bond donors (Lipinski definition) is 1. The Kier molecular flexibility index (Phi) is 4.51. The summed E-state index contributed by atoms with van der Waals surface area (Å²) in [6.07, 6.45) is 3.62. The Hall–Kier alpha value is -2.10. The molecule has 1 unspecified atom stereocenters. The van der Waals surface area contributed by atoms with Crippen molar-refractivity contribution in [1.29, 1.82) is 0 Å². The lowest BCUT2D eigenvalue weighted by atomic mass is 9.99. The lowest BCUT2D eigenvalue weighted by Crippen LogP contribution is -2.38. The first-order valence-corrected chi connectivity index (χ1v) is 8.40. The molecule has 1 aromatic heterocycles. The van der Waals surface area contributed by atoms with E-state index in [1.54, 1.807) is 0 Å². The van der Waals surface area contributed by atoms with Crippen LogP contribution < -0.4 is 0 Å². The van der Waals surface area contributed by atoms with Crippen LogP contribution in [0.3, 0.4) is 0 Å². The van der Waals surface area contributed by atoms with Crippen LogP contribution in [0.15, 0.2) is 24.3 Å². The molecular formula is C19H25N3O. The van der Waals surface area contributed by atoms with Crippen molar-refractivity contribution in [3.63, 3.8) is 0 Å². The van der Waals surface area contributed by atoms with Gasteiger partial charge in [0, 0.05) is 23.8 Å². The zero-order valence-corrected chi connectivity index (χ0v) is 14.2. The van der Waals surface area contributed by atoms with E-state index in [2.05, 4.69) is 46.3 Å². The van der Waals surface area contributed by atoms with Crippen molar-refractivity contribution in [2.75, 3.05) is 6.54 Å². The van der Waals surface area contributed by atoms with Crippen LogP contribution in [0, 0.1) is 20.8 Å². The van der Waals surface area contributed by atoms with E-state index in [1.165, 1.54) is 11.1 Å². The number of nitrogens with one attached hydrogen (secondary N) is 1. The highest BCUT2D eigenvalue weighted by atomic mass is 16.2. The average Bonchev–Trinajstić information content (AvgIpc) is 3.11. The van der Waals surface area contributed by atoms with E-state index >= 15 is 0 Å². The smallest absolute Gasteiger partial charge is 0.227 e. The number of hydrogen-bond acceptors (Lipinski definition) is 2. The monoisotopic (exact) mass is 311 g/mol. The molecule has 0 aliphatic carbocycles. The van der Waals surface area contributed by atoms with Crippen LogP contribution in [0.2, 0.25) is 0 Å². The summed E-state index contributed by atoms with van der Waals surface area (Å²) in [5, 5.41) is 7.17. The molecule has 122 valence electrons. The number of likely N-dealkylation sites (tertiary alicyclic amines) is 1. The third-order valence-corrected chi connectivity index (χ3v) is 5.02. The van der Waals surface area contributed by atoms with E-state index in [1.807, 2.05) is 13.8 Å². The number of aromatic amines is 1. The minimum atomic E-state index is 0.230. The molecule has 1 saturated heterocycles. The van der Waals surface area contributed by atoms with Crippen LogP contribution in [-0.2, 0) is 17.6 Å². The van der Waals surface area contributed by atoms with Crippen molar-refractivity contribution in [2.45, 2.75) is 52.5 Å². The van der Waals surface area contributed by atoms with Crippen LogP contribution in [0.5, 0.6) is 0 Å². The van der Waals surface area contributed by atoms with E-state index in [-0.39, 0.29) is 5.91 Å². The predicted molar refractivity (Wildman–Crippen MR) is 91.4 cm³/mol. The van der Waals surface area contributed by atoms with Gasteiger partial charge in [-0.1, -0.05) is 24.3 Å². The molecule has 3 rings (SSSR count). The van der Waals surface area contributed by atoms with Gasteiger partial charge in [-0.3, -0.25) is 9.89 Å². The highest BCUT2D eigenvalue weighted by molar-refractivity contribution is 5.80. The Balaban J connectivity index is 1.71. The summed E-state index contributed by atoms with van der Waals surface area (Å²) < 4.78 is 0. The third-order valence-electron chi connectivity index (χ3n) is 5.02. The number of aromatic nitrogens is 2. The molecule has 0 radical (unpaired) electrons. The minimum absolute atomic E-state index is 0.230. The van der Waals surface area contributed by atoms with E-state index in [0.29, 0.717) is 12.5 Å². The number of amides is 1. The van der Waals surface area contributed by atoms with Gasteiger partial charge in [-0.15, -0.1) is 0 Å². The van der Waals surface area contributed by atoms with Crippen molar-refractivity contribution in [1.82, 2.24) is 15.1 Å². The average molecular weight is 311 g/mol. The van der Waals surface area contributed by atoms with E-state index in [4.69, 9.17) is 0 Å². The number of rotatable bonds is 4. The number of carbonyl (C=O) groups is 1. The van der Waals surface area contributed by atoms with Crippen LogP contribution in [0.4, 0.5) is 0 Å². The SMILES string of the molecule is Cc1ccccc1CC1CCCN1C(=O)Cc1c(C)n[nH]c1C. The summed E-state index contributed by atoms with van der Waals surface area (Å²) >= 11 is 0.